The lowest BCUT2D eigenvalue weighted by Gasteiger charge is -2.36. The van der Waals surface area contributed by atoms with Crippen molar-refractivity contribution in [2.45, 2.75) is 45.8 Å². The van der Waals surface area contributed by atoms with Gasteiger partial charge in [0.05, 0.1) is 6.61 Å². The van der Waals surface area contributed by atoms with Gasteiger partial charge in [-0.1, -0.05) is 43.4 Å². The van der Waals surface area contributed by atoms with E-state index in [1.165, 1.54) is 5.57 Å². The van der Waals surface area contributed by atoms with Gasteiger partial charge in [-0.05, 0) is 34.7 Å². The molecule has 0 saturated carbocycles. The maximum atomic E-state index is 6.01. The van der Waals surface area contributed by atoms with Gasteiger partial charge in [-0.3, -0.25) is 0 Å². The largest absolute Gasteiger partial charge is 0.413 e. The lowest BCUT2D eigenvalue weighted by molar-refractivity contribution is 0.319. The highest BCUT2D eigenvalue weighted by Gasteiger charge is 2.36. The highest BCUT2D eigenvalue weighted by atomic mass is 127. The Labute approximate surface area is 97.2 Å². The summed E-state index contributed by atoms with van der Waals surface area (Å²) < 4.78 is 8.10. The Hall–Kier alpha value is 0.647. The number of hydrogen-bond acceptors (Lipinski definition) is 1. The van der Waals surface area contributed by atoms with Crippen LogP contribution in [0.25, 0.3) is 0 Å². The maximum absolute atomic E-state index is 6.01. The monoisotopic (exact) mass is 312 g/mol. The van der Waals surface area contributed by atoms with Crippen LogP contribution in [0, 0.1) is 0 Å². The van der Waals surface area contributed by atoms with Gasteiger partial charge < -0.3 is 4.43 Å². The molecule has 0 rings (SSSR count). The summed E-state index contributed by atoms with van der Waals surface area (Å²) >= 11 is 2.26. The van der Waals surface area contributed by atoms with E-state index in [0.29, 0.717) is 5.04 Å². The summed E-state index contributed by atoms with van der Waals surface area (Å²) in [4.78, 5) is 0. The first kappa shape index (κ1) is 13.6. The van der Waals surface area contributed by atoms with Gasteiger partial charge in [0.1, 0.15) is 0 Å². The van der Waals surface area contributed by atoms with E-state index < -0.39 is 8.32 Å². The molecule has 0 aliphatic rings. The van der Waals surface area contributed by atoms with Crippen molar-refractivity contribution in [3.8, 4) is 0 Å². The fourth-order valence-electron chi connectivity index (χ4n) is 0.542. The van der Waals surface area contributed by atoms with Crippen LogP contribution >= 0.6 is 22.6 Å². The number of rotatable bonds is 3. The first-order valence-corrected chi connectivity index (χ1v) is 8.76. The Balaban J connectivity index is 4.20. The van der Waals surface area contributed by atoms with Gasteiger partial charge in [-0.2, -0.15) is 0 Å². The molecule has 0 fully saturated rings. The van der Waals surface area contributed by atoms with Crippen molar-refractivity contribution in [3.63, 3.8) is 0 Å². The second-order valence-electron chi connectivity index (χ2n) is 5.00. The molecule has 0 aliphatic carbocycles. The van der Waals surface area contributed by atoms with Gasteiger partial charge in [-0.15, -0.1) is 0 Å². The van der Waals surface area contributed by atoms with Crippen molar-refractivity contribution in [2.24, 2.45) is 0 Å². The molecular weight excluding hydrogens is 291 g/mol. The fraction of sp³-hybridized carbons (Fsp3) is 0.800. The highest BCUT2D eigenvalue weighted by Crippen LogP contribution is 2.36. The molecule has 0 aromatic rings. The Morgan fingerprint density at radius 2 is 1.85 bits per heavy atom. The Kier molecular flexibility index (Phi) is 5.18. The predicted molar refractivity (Wildman–Crippen MR) is 70.9 cm³/mol. The topological polar surface area (TPSA) is 9.23 Å². The van der Waals surface area contributed by atoms with Crippen LogP contribution < -0.4 is 0 Å². The average Bonchev–Trinajstić information content (AvgIpc) is 1.98. The summed E-state index contributed by atoms with van der Waals surface area (Å²) in [7, 11) is -1.53. The zero-order valence-electron chi connectivity index (χ0n) is 9.57. The van der Waals surface area contributed by atoms with Gasteiger partial charge in [0.15, 0.2) is 8.32 Å². The number of halogens is 1. The summed E-state index contributed by atoms with van der Waals surface area (Å²) in [5.74, 6) is 0. The summed E-state index contributed by atoms with van der Waals surface area (Å²) in [6, 6.07) is 0. The lowest BCUT2D eigenvalue weighted by Crippen LogP contribution is -2.41. The van der Waals surface area contributed by atoms with Crippen molar-refractivity contribution >= 4 is 30.9 Å². The van der Waals surface area contributed by atoms with E-state index in [0.717, 1.165) is 6.61 Å². The molecule has 0 saturated heterocycles. The molecule has 13 heavy (non-hydrogen) atoms. The fourth-order valence-corrected chi connectivity index (χ4v) is 1.74. The molecule has 78 valence electrons. The standard InChI is InChI=1S/C10H21IOSi/c1-9(7-11)8-12-13(5,6)10(2,3)4/h7H,8H2,1-6H3/b9-7-. The molecule has 0 spiro atoms. The first-order chi connectivity index (χ1) is 5.70. The van der Waals surface area contributed by atoms with Crippen molar-refractivity contribution < 1.29 is 4.43 Å². The van der Waals surface area contributed by atoms with Crippen LogP contribution in [0.3, 0.4) is 0 Å². The van der Waals surface area contributed by atoms with E-state index >= 15 is 0 Å². The molecule has 0 aromatic carbocycles. The molecule has 1 nitrogen and oxygen atoms in total. The normalized spacial score (nSPS) is 14.8. The zero-order chi connectivity index (χ0) is 10.7. The van der Waals surface area contributed by atoms with Crippen molar-refractivity contribution in [2.75, 3.05) is 6.61 Å². The first-order valence-electron chi connectivity index (χ1n) is 4.60. The maximum Gasteiger partial charge on any atom is 0.192 e. The van der Waals surface area contributed by atoms with Gasteiger partial charge in [0, 0.05) is 0 Å². The van der Waals surface area contributed by atoms with E-state index in [1.54, 1.807) is 0 Å². The lowest BCUT2D eigenvalue weighted by atomic mass is 10.2. The molecule has 0 amide bonds. The minimum Gasteiger partial charge on any atom is -0.413 e. The van der Waals surface area contributed by atoms with E-state index in [9.17, 15) is 0 Å². The van der Waals surface area contributed by atoms with E-state index in [1.807, 2.05) is 0 Å². The third-order valence-electron chi connectivity index (χ3n) is 2.65. The Morgan fingerprint density at radius 1 is 1.38 bits per heavy atom. The van der Waals surface area contributed by atoms with E-state index in [4.69, 9.17) is 4.43 Å². The molecule has 3 heteroatoms. The molecule has 0 bridgehead atoms. The zero-order valence-corrected chi connectivity index (χ0v) is 12.7. The predicted octanol–water partition coefficient (Wildman–Crippen LogP) is 4.35. The second kappa shape index (κ2) is 4.93. The van der Waals surface area contributed by atoms with E-state index in [2.05, 4.69) is 67.5 Å². The van der Waals surface area contributed by atoms with Gasteiger partial charge >= 0.3 is 0 Å². The third-order valence-corrected chi connectivity index (χ3v) is 8.19. The molecule has 0 aromatic heterocycles. The molecule has 0 atom stereocenters. The smallest absolute Gasteiger partial charge is 0.192 e. The van der Waals surface area contributed by atoms with Crippen LogP contribution in [0.15, 0.2) is 9.66 Å². The quantitative estimate of drug-likeness (QED) is 0.556. The second-order valence-corrected chi connectivity index (χ2v) is 10.4. The van der Waals surface area contributed by atoms with Crippen LogP contribution in [0.5, 0.6) is 0 Å². The minimum atomic E-state index is -1.53. The summed E-state index contributed by atoms with van der Waals surface area (Å²) in [5, 5.41) is 0.318. The van der Waals surface area contributed by atoms with Crippen molar-refractivity contribution in [1.82, 2.24) is 0 Å². The summed E-state index contributed by atoms with van der Waals surface area (Å²) in [6.45, 7) is 14.3. The van der Waals surface area contributed by atoms with Gasteiger partial charge in [0.25, 0.3) is 0 Å². The molecule has 0 N–H and O–H groups in total. The third kappa shape index (κ3) is 4.60. The van der Waals surface area contributed by atoms with Gasteiger partial charge in [0.2, 0.25) is 0 Å². The van der Waals surface area contributed by atoms with Crippen LogP contribution in [0.1, 0.15) is 27.7 Å². The van der Waals surface area contributed by atoms with Crippen LogP contribution in [0.2, 0.25) is 18.1 Å². The van der Waals surface area contributed by atoms with Crippen molar-refractivity contribution in [3.05, 3.63) is 9.66 Å². The minimum absolute atomic E-state index is 0.318. The van der Waals surface area contributed by atoms with Crippen LogP contribution in [-0.4, -0.2) is 14.9 Å². The van der Waals surface area contributed by atoms with E-state index in [-0.39, 0.29) is 0 Å². The van der Waals surface area contributed by atoms with Crippen LogP contribution in [0.4, 0.5) is 0 Å². The summed E-state index contributed by atoms with van der Waals surface area (Å²) in [6.07, 6.45) is 0. The Bertz CT molecular complexity index is 192. The molecule has 0 radical (unpaired) electrons. The average molecular weight is 312 g/mol. The molecule has 0 unspecified atom stereocenters. The molecule has 0 heterocycles. The highest BCUT2D eigenvalue weighted by molar-refractivity contribution is 14.1. The van der Waals surface area contributed by atoms with Gasteiger partial charge in [-0.25, -0.2) is 0 Å². The molecule has 0 aliphatic heterocycles. The van der Waals surface area contributed by atoms with Crippen LogP contribution in [-0.2, 0) is 4.43 Å². The summed E-state index contributed by atoms with van der Waals surface area (Å²) in [5.41, 5.74) is 1.31. The van der Waals surface area contributed by atoms with Crippen molar-refractivity contribution in [1.29, 1.82) is 0 Å². The Morgan fingerprint density at radius 3 is 2.15 bits per heavy atom. The molecular formula is C10H21IOSi. The number of hydrogen-bond donors (Lipinski definition) is 0. The SMILES string of the molecule is C/C(=C/I)CO[Si](C)(C)C(C)(C)C.